The maximum Gasteiger partial charge on any atom is 0.500 e. The molecule has 0 radical (unpaired) electrons. The summed E-state index contributed by atoms with van der Waals surface area (Å²) in [5.41, 5.74) is 2.24. The Bertz CT molecular complexity index is 291. The van der Waals surface area contributed by atoms with Crippen LogP contribution in [0.25, 0.3) is 0 Å². The van der Waals surface area contributed by atoms with Crippen LogP contribution in [0.5, 0.6) is 0 Å². The number of hydrogen-bond acceptors (Lipinski definition) is 4. The largest absolute Gasteiger partial charge is 0.500 e. The molecular formula is C17H41NO3Si2. The second-order valence-electron chi connectivity index (χ2n) is 7.33. The summed E-state index contributed by atoms with van der Waals surface area (Å²) in [4.78, 5) is 0. The molecule has 0 aromatic rings. The first-order valence-electron chi connectivity index (χ1n) is 9.08. The van der Waals surface area contributed by atoms with E-state index in [1.807, 2.05) is 0 Å². The van der Waals surface area contributed by atoms with Crippen molar-refractivity contribution in [1.82, 2.24) is 4.57 Å². The average molecular weight is 364 g/mol. The van der Waals surface area contributed by atoms with Crippen molar-refractivity contribution >= 4 is 17.0 Å². The summed E-state index contributed by atoms with van der Waals surface area (Å²) in [6.07, 6.45) is 1.07. The lowest BCUT2D eigenvalue weighted by Crippen LogP contribution is -2.60. The fourth-order valence-electron chi connectivity index (χ4n) is 4.76. The molecule has 4 nitrogen and oxygen atoms in total. The normalized spacial score (nSPS) is 13.8. The van der Waals surface area contributed by atoms with Gasteiger partial charge in [0.05, 0.1) is 0 Å². The Morgan fingerprint density at radius 2 is 1.17 bits per heavy atom. The van der Waals surface area contributed by atoms with Crippen LogP contribution in [0, 0.1) is 0 Å². The second kappa shape index (κ2) is 10.3. The molecule has 0 amide bonds. The fourth-order valence-corrected chi connectivity index (χ4v) is 13.8. The number of nitrogens with zero attached hydrogens (tertiary/aromatic N) is 1. The van der Waals surface area contributed by atoms with Crippen LogP contribution in [0.15, 0.2) is 0 Å². The third kappa shape index (κ3) is 5.12. The second-order valence-corrected chi connectivity index (χ2v) is 16.3. The van der Waals surface area contributed by atoms with Gasteiger partial charge in [-0.15, -0.1) is 0 Å². The van der Waals surface area contributed by atoms with E-state index < -0.39 is 17.0 Å². The number of hydrogen-bond donors (Lipinski definition) is 0. The van der Waals surface area contributed by atoms with Crippen LogP contribution in [0.3, 0.4) is 0 Å². The van der Waals surface area contributed by atoms with Crippen LogP contribution in [-0.4, -0.2) is 56.0 Å². The van der Waals surface area contributed by atoms with Crippen molar-refractivity contribution < 1.29 is 13.3 Å². The third-order valence-corrected chi connectivity index (χ3v) is 15.6. The zero-order valence-corrected chi connectivity index (χ0v) is 19.2. The van der Waals surface area contributed by atoms with E-state index in [-0.39, 0.29) is 0 Å². The molecule has 0 atom stereocenters. The van der Waals surface area contributed by atoms with Crippen molar-refractivity contribution in [1.29, 1.82) is 0 Å². The van der Waals surface area contributed by atoms with Crippen LogP contribution in [0.2, 0.25) is 22.7 Å². The van der Waals surface area contributed by atoms with E-state index in [4.69, 9.17) is 13.3 Å². The number of rotatable bonds is 12. The van der Waals surface area contributed by atoms with Gasteiger partial charge in [0.25, 0.3) is 0 Å². The Balaban J connectivity index is 5.18. The highest BCUT2D eigenvalue weighted by Crippen LogP contribution is 2.44. The highest BCUT2D eigenvalue weighted by atomic mass is 28.4. The molecule has 0 aromatic heterocycles. The molecule has 0 aromatic carbocycles. The first kappa shape index (κ1) is 23.3. The summed E-state index contributed by atoms with van der Waals surface area (Å²) in [6.45, 7) is 19.1. The van der Waals surface area contributed by atoms with Crippen LogP contribution in [0.4, 0.5) is 0 Å². The fraction of sp³-hybridized carbons (Fsp3) is 1.00. The molecule has 0 bridgehead atoms. The quantitative estimate of drug-likeness (QED) is 0.468. The van der Waals surface area contributed by atoms with Gasteiger partial charge in [-0.1, -0.05) is 48.5 Å². The van der Waals surface area contributed by atoms with Crippen LogP contribution in [0.1, 0.15) is 54.9 Å². The molecule has 0 unspecified atom stereocenters. The monoisotopic (exact) mass is 363 g/mol. The minimum absolute atomic E-state index is 0.747. The highest BCUT2D eigenvalue weighted by Gasteiger charge is 2.47. The van der Waals surface area contributed by atoms with E-state index in [1.165, 1.54) is 0 Å². The molecule has 0 aliphatic heterocycles. The molecule has 0 saturated carbocycles. The van der Waals surface area contributed by atoms with Gasteiger partial charge in [0.1, 0.15) is 8.24 Å². The maximum absolute atomic E-state index is 5.57. The van der Waals surface area contributed by atoms with Crippen molar-refractivity contribution in [3.63, 3.8) is 0 Å². The van der Waals surface area contributed by atoms with Crippen LogP contribution in [-0.2, 0) is 13.3 Å². The Kier molecular flexibility index (Phi) is 10.4. The summed E-state index contributed by atoms with van der Waals surface area (Å²) < 4.78 is 19.5. The van der Waals surface area contributed by atoms with E-state index in [0.29, 0.717) is 0 Å². The standard InChI is InChI=1S/C17H41NO3Si2/c1-11-18(13-12-14-22(19-8,20-9)21-10)23(15(2)3,16(4)5)17(6)7/h15-17H,11-14H2,1-10H3. The van der Waals surface area contributed by atoms with Gasteiger partial charge in [-0.25, -0.2) is 0 Å². The summed E-state index contributed by atoms with van der Waals surface area (Å²) in [5.74, 6) is 0. The molecule has 0 aliphatic carbocycles. The molecule has 0 saturated heterocycles. The molecule has 23 heavy (non-hydrogen) atoms. The summed E-state index contributed by atoms with van der Waals surface area (Å²) in [6, 6.07) is 0.881. The molecular weight excluding hydrogens is 322 g/mol. The Morgan fingerprint density at radius 1 is 0.783 bits per heavy atom. The molecule has 0 heterocycles. The zero-order valence-electron chi connectivity index (χ0n) is 17.2. The van der Waals surface area contributed by atoms with E-state index in [1.54, 1.807) is 21.3 Å². The van der Waals surface area contributed by atoms with Gasteiger partial charge in [0.15, 0.2) is 0 Å². The predicted molar refractivity (Wildman–Crippen MR) is 105 cm³/mol. The smallest absolute Gasteiger partial charge is 0.377 e. The summed E-state index contributed by atoms with van der Waals surface area (Å²) in [5, 5.41) is 0. The van der Waals surface area contributed by atoms with Crippen molar-refractivity contribution in [2.24, 2.45) is 0 Å². The van der Waals surface area contributed by atoms with Gasteiger partial charge in [-0.2, -0.15) is 0 Å². The summed E-state index contributed by atoms with van der Waals surface area (Å²) in [7, 11) is 1.10. The van der Waals surface area contributed by atoms with Crippen molar-refractivity contribution in [3.8, 4) is 0 Å². The van der Waals surface area contributed by atoms with Gasteiger partial charge >= 0.3 is 8.80 Å². The van der Waals surface area contributed by atoms with E-state index in [0.717, 1.165) is 42.2 Å². The van der Waals surface area contributed by atoms with Gasteiger partial charge in [0.2, 0.25) is 0 Å². The Hall–Kier alpha value is 0.274. The zero-order chi connectivity index (χ0) is 18.3. The highest BCUT2D eigenvalue weighted by molar-refractivity contribution is 6.81. The van der Waals surface area contributed by atoms with E-state index in [9.17, 15) is 0 Å². The molecule has 0 fully saturated rings. The predicted octanol–water partition coefficient (Wildman–Crippen LogP) is 4.75. The minimum Gasteiger partial charge on any atom is -0.377 e. The molecule has 140 valence electrons. The first-order chi connectivity index (χ1) is 10.7. The lowest BCUT2D eigenvalue weighted by molar-refractivity contribution is 0.122. The third-order valence-electron chi connectivity index (χ3n) is 5.55. The lowest BCUT2D eigenvalue weighted by atomic mass is 10.5. The average Bonchev–Trinajstić information content (AvgIpc) is 2.49. The van der Waals surface area contributed by atoms with Gasteiger partial charge in [-0.05, 0) is 36.1 Å². The van der Waals surface area contributed by atoms with Crippen LogP contribution < -0.4 is 0 Å². The van der Waals surface area contributed by atoms with Crippen molar-refractivity contribution in [3.05, 3.63) is 0 Å². The van der Waals surface area contributed by atoms with Crippen LogP contribution >= 0.6 is 0 Å². The van der Waals surface area contributed by atoms with Gasteiger partial charge in [-0.3, -0.25) is 0 Å². The SMILES string of the molecule is CCN(CCC[Si](OC)(OC)OC)[Si](C(C)C)(C(C)C)C(C)C. The molecule has 0 spiro atoms. The Morgan fingerprint density at radius 3 is 1.43 bits per heavy atom. The van der Waals surface area contributed by atoms with Gasteiger partial charge in [0, 0.05) is 27.4 Å². The topological polar surface area (TPSA) is 30.9 Å². The molecule has 6 heteroatoms. The van der Waals surface area contributed by atoms with E-state index >= 15 is 0 Å². The lowest BCUT2D eigenvalue weighted by Gasteiger charge is -2.51. The summed E-state index contributed by atoms with van der Waals surface area (Å²) >= 11 is 0. The van der Waals surface area contributed by atoms with Gasteiger partial charge < -0.3 is 17.8 Å². The molecule has 0 aliphatic rings. The first-order valence-corrected chi connectivity index (χ1v) is 13.2. The molecule has 0 rings (SSSR count). The van der Waals surface area contributed by atoms with Crippen molar-refractivity contribution in [2.45, 2.75) is 77.6 Å². The maximum atomic E-state index is 5.57. The molecule has 0 N–H and O–H groups in total. The van der Waals surface area contributed by atoms with Crippen molar-refractivity contribution in [2.75, 3.05) is 34.4 Å². The Labute approximate surface area is 147 Å². The minimum atomic E-state index is -2.45. The van der Waals surface area contributed by atoms with E-state index in [2.05, 4.69) is 53.0 Å².